The van der Waals surface area contributed by atoms with Crippen LogP contribution in [0.3, 0.4) is 0 Å². The highest BCUT2D eigenvalue weighted by molar-refractivity contribution is 5.97. The Kier molecular flexibility index (Phi) is 3.31. The highest BCUT2D eigenvalue weighted by Crippen LogP contribution is 2.31. The van der Waals surface area contributed by atoms with Crippen LogP contribution in [0.25, 0.3) is 0 Å². The van der Waals surface area contributed by atoms with E-state index in [1.54, 1.807) is 18.2 Å². The Morgan fingerprint density at radius 2 is 2.25 bits per heavy atom. The first-order chi connectivity index (χ1) is 9.61. The molecule has 6 nitrogen and oxygen atoms in total. The van der Waals surface area contributed by atoms with Crippen molar-refractivity contribution >= 4 is 23.2 Å². The van der Waals surface area contributed by atoms with E-state index in [0.717, 1.165) is 19.3 Å². The molecular weight excluding hydrogens is 258 g/mol. The molecule has 20 heavy (non-hydrogen) atoms. The molecule has 2 aliphatic rings. The van der Waals surface area contributed by atoms with Gasteiger partial charge in [-0.1, -0.05) is 0 Å². The Morgan fingerprint density at radius 3 is 3.00 bits per heavy atom. The molecule has 2 unspecified atom stereocenters. The maximum absolute atomic E-state index is 12.1. The molecule has 0 bridgehead atoms. The minimum atomic E-state index is -0.172. The number of hydrogen-bond donors (Lipinski definition) is 3. The standard InChI is InChI=1S/C14H17N3O3/c15-9-2-1-8(5-9)14(19)16-10-3-4-11-12(6-10)20-7-13(18)17-11/h3-4,6,8-9H,1-2,5,7,15H2,(H,16,19)(H,17,18). The fourth-order valence-electron chi connectivity index (χ4n) is 2.65. The number of carbonyl (C=O) groups excluding carboxylic acids is 2. The second-order valence-electron chi connectivity index (χ2n) is 5.31. The van der Waals surface area contributed by atoms with Crippen LogP contribution in [-0.2, 0) is 9.59 Å². The van der Waals surface area contributed by atoms with Gasteiger partial charge < -0.3 is 21.1 Å². The third-order valence-corrected chi connectivity index (χ3v) is 3.73. The fraction of sp³-hybridized carbons (Fsp3) is 0.429. The summed E-state index contributed by atoms with van der Waals surface area (Å²) in [6.07, 6.45) is 2.48. The van der Waals surface area contributed by atoms with E-state index in [1.165, 1.54) is 0 Å². The maximum atomic E-state index is 12.1. The number of carbonyl (C=O) groups is 2. The molecule has 1 aliphatic carbocycles. The van der Waals surface area contributed by atoms with Crippen molar-refractivity contribution in [3.63, 3.8) is 0 Å². The Labute approximate surface area is 116 Å². The van der Waals surface area contributed by atoms with Crippen LogP contribution < -0.4 is 21.1 Å². The van der Waals surface area contributed by atoms with E-state index < -0.39 is 0 Å². The molecule has 1 heterocycles. The molecule has 0 radical (unpaired) electrons. The van der Waals surface area contributed by atoms with Gasteiger partial charge in [0, 0.05) is 23.7 Å². The van der Waals surface area contributed by atoms with Gasteiger partial charge in [-0.2, -0.15) is 0 Å². The van der Waals surface area contributed by atoms with E-state index in [-0.39, 0.29) is 30.4 Å². The van der Waals surface area contributed by atoms with E-state index in [2.05, 4.69) is 10.6 Å². The number of nitrogens with one attached hydrogen (secondary N) is 2. The van der Waals surface area contributed by atoms with Gasteiger partial charge in [0.2, 0.25) is 5.91 Å². The van der Waals surface area contributed by atoms with Gasteiger partial charge in [-0.3, -0.25) is 9.59 Å². The number of fused-ring (bicyclic) bond motifs is 1. The second-order valence-corrected chi connectivity index (χ2v) is 5.31. The average molecular weight is 275 g/mol. The van der Waals surface area contributed by atoms with Crippen molar-refractivity contribution in [1.29, 1.82) is 0 Å². The van der Waals surface area contributed by atoms with Gasteiger partial charge in [-0.05, 0) is 31.4 Å². The predicted molar refractivity (Wildman–Crippen MR) is 74.5 cm³/mol. The lowest BCUT2D eigenvalue weighted by Crippen LogP contribution is -2.26. The summed E-state index contributed by atoms with van der Waals surface area (Å²) in [6.45, 7) is 0.00186. The molecule has 1 aliphatic heterocycles. The van der Waals surface area contributed by atoms with Gasteiger partial charge in [0.05, 0.1) is 5.69 Å². The molecule has 3 rings (SSSR count). The smallest absolute Gasteiger partial charge is 0.262 e. The summed E-state index contributed by atoms with van der Waals surface area (Å²) in [5.74, 6) is 0.388. The van der Waals surface area contributed by atoms with Crippen molar-refractivity contribution in [2.45, 2.75) is 25.3 Å². The normalized spacial score (nSPS) is 24.6. The maximum Gasteiger partial charge on any atom is 0.262 e. The minimum Gasteiger partial charge on any atom is -0.482 e. The van der Waals surface area contributed by atoms with Crippen LogP contribution in [0.4, 0.5) is 11.4 Å². The minimum absolute atomic E-state index is 0.00186. The number of rotatable bonds is 2. The fourth-order valence-corrected chi connectivity index (χ4v) is 2.65. The van der Waals surface area contributed by atoms with Crippen LogP contribution in [0.5, 0.6) is 5.75 Å². The van der Waals surface area contributed by atoms with E-state index in [0.29, 0.717) is 17.1 Å². The van der Waals surface area contributed by atoms with E-state index >= 15 is 0 Å². The Balaban J connectivity index is 1.69. The van der Waals surface area contributed by atoms with Crippen LogP contribution >= 0.6 is 0 Å². The molecule has 1 aromatic rings. The molecule has 1 fully saturated rings. The molecule has 0 saturated heterocycles. The summed E-state index contributed by atoms with van der Waals surface area (Å²) in [5, 5.41) is 5.59. The zero-order chi connectivity index (χ0) is 14.1. The lowest BCUT2D eigenvalue weighted by molar-refractivity contribution is -0.120. The van der Waals surface area contributed by atoms with Crippen molar-refractivity contribution in [1.82, 2.24) is 0 Å². The molecule has 2 atom stereocenters. The van der Waals surface area contributed by atoms with E-state index in [4.69, 9.17) is 10.5 Å². The Hall–Kier alpha value is -2.08. The number of anilines is 2. The first kappa shape index (κ1) is 12.9. The number of benzene rings is 1. The summed E-state index contributed by atoms with van der Waals surface area (Å²) >= 11 is 0. The zero-order valence-corrected chi connectivity index (χ0v) is 11.0. The van der Waals surface area contributed by atoms with Gasteiger partial charge in [0.15, 0.2) is 6.61 Å². The Morgan fingerprint density at radius 1 is 1.40 bits per heavy atom. The van der Waals surface area contributed by atoms with Crippen LogP contribution in [-0.4, -0.2) is 24.5 Å². The van der Waals surface area contributed by atoms with Gasteiger partial charge >= 0.3 is 0 Å². The van der Waals surface area contributed by atoms with Crippen molar-refractivity contribution < 1.29 is 14.3 Å². The van der Waals surface area contributed by atoms with Crippen molar-refractivity contribution in [3.8, 4) is 5.75 Å². The number of amides is 2. The third kappa shape index (κ3) is 2.60. The van der Waals surface area contributed by atoms with Crippen molar-refractivity contribution in [3.05, 3.63) is 18.2 Å². The summed E-state index contributed by atoms with van der Waals surface area (Å²) in [4.78, 5) is 23.3. The lowest BCUT2D eigenvalue weighted by atomic mass is 10.1. The predicted octanol–water partition coefficient (Wildman–Crippen LogP) is 1.08. The number of hydrogen-bond acceptors (Lipinski definition) is 4. The monoisotopic (exact) mass is 275 g/mol. The third-order valence-electron chi connectivity index (χ3n) is 3.73. The van der Waals surface area contributed by atoms with Crippen LogP contribution in [0.15, 0.2) is 18.2 Å². The highest BCUT2D eigenvalue weighted by Gasteiger charge is 2.28. The first-order valence-electron chi connectivity index (χ1n) is 6.75. The summed E-state index contributed by atoms with van der Waals surface area (Å²) in [6, 6.07) is 5.33. The lowest BCUT2D eigenvalue weighted by Gasteiger charge is -2.19. The molecule has 4 N–H and O–H groups in total. The molecule has 0 spiro atoms. The van der Waals surface area contributed by atoms with Crippen LogP contribution in [0.1, 0.15) is 19.3 Å². The Bertz CT molecular complexity index is 559. The topological polar surface area (TPSA) is 93.5 Å². The van der Waals surface area contributed by atoms with Gasteiger partial charge in [0.1, 0.15) is 5.75 Å². The summed E-state index contributed by atoms with van der Waals surface area (Å²) < 4.78 is 5.32. The summed E-state index contributed by atoms with van der Waals surface area (Å²) in [7, 11) is 0. The van der Waals surface area contributed by atoms with E-state index in [9.17, 15) is 9.59 Å². The molecule has 6 heteroatoms. The number of nitrogens with two attached hydrogens (primary N) is 1. The SMILES string of the molecule is NC1CCC(C(=O)Nc2ccc3c(c2)OCC(=O)N3)C1. The molecule has 106 valence electrons. The molecule has 0 aromatic heterocycles. The van der Waals surface area contributed by atoms with Crippen molar-refractivity contribution in [2.24, 2.45) is 11.7 Å². The molecule has 1 aromatic carbocycles. The van der Waals surface area contributed by atoms with Crippen molar-refractivity contribution in [2.75, 3.05) is 17.2 Å². The zero-order valence-electron chi connectivity index (χ0n) is 11.0. The largest absolute Gasteiger partial charge is 0.482 e. The quantitative estimate of drug-likeness (QED) is 0.753. The first-order valence-corrected chi connectivity index (χ1v) is 6.75. The van der Waals surface area contributed by atoms with Gasteiger partial charge in [0.25, 0.3) is 5.91 Å². The number of ether oxygens (including phenoxy) is 1. The summed E-state index contributed by atoms with van der Waals surface area (Å²) in [5.41, 5.74) is 7.12. The average Bonchev–Trinajstić information content (AvgIpc) is 2.86. The highest BCUT2D eigenvalue weighted by atomic mass is 16.5. The second kappa shape index (κ2) is 5.13. The molecule has 1 saturated carbocycles. The van der Waals surface area contributed by atoms with Crippen LogP contribution in [0, 0.1) is 5.92 Å². The van der Waals surface area contributed by atoms with E-state index in [1.807, 2.05) is 0 Å². The van der Waals surface area contributed by atoms with Gasteiger partial charge in [-0.15, -0.1) is 0 Å². The molecular formula is C14H17N3O3. The molecule has 2 amide bonds. The van der Waals surface area contributed by atoms with Crippen LogP contribution in [0.2, 0.25) is 0 Å². The van der Waals surface area contributed by atoms with Gasteiger partial charge in [-0.25, -0.2) is 0 Å².